The fourth-order valence-corrected chi connectivity index (χ4v) is 1.80. The second kappa shape index (κ2) is 5.80. The Labute approximate surface area is 111 Å². The number of benzene rings is 1. The van der Waals surface area contributed by atoms with Gasteiger partial charge >= 0.3 is 0 Å². The zero-order chi connectivity index (χ0) is 13.0. The standard InChI is InChI=1S/C13H14ClN3O/c1-15-12-7-11(16-13(17-12)8-18-2)9-4-3-5-10(14)6-9/h3-7H,8H2,1-2H3,(H,15,16,17). The second-order valence-electron chi connectivity index (χ2n) is 3.75. The zero-order valence-corrected chi connectivity index (χ0v) is 11.0. The van der Waals surface area contributed by atoms with Crippen LogP contribution in [0.2, 0.25) is 5.02 Å². The van der Waals surface area contributed by atoms with Gasteiger partial charge in [0.1, 0.15) is 12.4 Å². The molecule has 94 valence electrons. The van der Waals surface area contributed by atoms with Crippen molar-refractivity contribution >= 4 is 17.4 Å². The van der Waals surface area contributed by atoms with E-state index in [4.69, 9.17) is 16.3 Å². The van der Waals surface area contributed by atoms with E-state index in [-0.39, 0.29) is 0 Å². The summed E-state index contributed by atoms with van der Waals surface area (Å²) in [6.07, 6.45) is 0. The molecule has 5 heteroatoms. The third-order valence-electron chi connectivity index (χ3n) is 2.42. The lowest BCUT2D eigenvalue weighted by Gasteiger charge is -2.07. The number of anilines is 1. The molecule has 0 saturated heterocycles. The summed E-state index contributed by atoms with van der Waals surface area (Å²) in [6.45, 7) is 0.378. The fraction of sp³-hybridized carbons (Fsp3) is 0.231. The van der Waals surface area contributed by atoms with Crippen LogP contribution >= 0.6 is 11.6 Å². The smallest absolute Gasteiger partial charge is 0.157 e. The van der Waals surface area contributed by atoms with Crippen molar-refractivity contribution in [3.05, 3.63) is 41.2 Å². The highest BCUT2D eigenvalue weighted by Crippen LogP contribution is 2.23. The van der Waals surface area contributed by atoms with Crippen molar-refractivity contribution in [3.63, 3.8) is 0 Å². The third kappa shape index (κ3) is 2.97. The summed E-state index contributed by atoms with van der Waals surface area (Å²) in [5, 5.41) is 3.70. The average Bonchev–Trinajstić information content (AvgIpc) is 2.39. The van der Waals surface area contributed by atoms with E-state index in [0.29, 0.717) is 17.5 Å². The van der Waals surface area contributed by atoms with E-state index in [1.165, 1.54) is 0 Å². The topological polar surface area (TPSA) is 47.0 Å². The molecule has 0 atom stereocenters. The monoisotopic (exact) mass is 263 g/mol. The van der Waals surface area contributed by atoms with Gasteiger partial charge in [-0.15, -0.1) is 0 Å². The minimum Gasteiger partial charge on any atom is -0.377 e. The average molecular weight is 264 g/mol. The zero-order valence-electron chi connectivity index (χ0n) is 10.3. The molecule has 0 saturated carbocycles. The van der Waals surface area contributed by atoms with Crippen molar-refractivity contribution in [2.75, 3.05) is 19.5 Å². The minimum atomic E-state index is 0.378. The normalized spacial score (nSPS) is 10.4. The summed E-state index contributed by atoms with van der Waals surface area (Å²) < 4.78 is 5.06. The van der Waals surface area contributed by atoms with E-state index in [2.05, 4.69) is 15.3 Å². The maximum Gasteiger partial charge on any atom is 0.157 e. The van der Waals surface area contributed by atoms with Crippen LogP contribution in [0.25, 0.3) is 11.3 Å². The number of hydrogen-bond acceptors (Lipinski definition) is 4. The summed E-state index contributed by atoms with van der Waals surface area (Å²) in [5.41, 5.74) is 1.78. The first-order chi connectivity index (χ1) is 8.72. The number of nitrogens with one attached hydrogen (secondary N) is 1. The lowest BCUT2D eigenvalue weighted by molar-refractivity contribution is 0.178. The maximum absolute atomic E-state index is 5.99. The van der Waals surface area contributed by atoms with Crippen LogP contribution in [0.4, 0.5) is 5.82 Å². The molecule has 18 heavy (non-hydrogen) atoms. The SMILES string of the molecule is CNc1cc(-c2cccc(Cl)c2)nc(COC)n1. The number of methoxy groups -OCH3 is 1. The van der Waals surface area contributed by atoms with Gasteiger partial charge < -0.3 is 10.1 Å². The van der Waals surface area contributed by atoms with Crippen LogP contribution in [0, 0.1) is 0 Å². The Morgan fingerprint density at radius 1 is 1.28 bits per heavy atom. The second-order valence-corrected chi connectivity index (χ2v) is 4.18. The van der Waals surface area contributed by atoms with Crippen molar-refractivity contribution < 1.29 is 4.74 Å². The quantitative estimate of drug-likeness (QED) is 0.921. The summed E-state index contributed by atoms with van der Waals surface area (Å²) in [6, 6.07) is 9.45. The van der Waals surface area contributed by atoms with Crippen molar-refractivity contribution in [3.8, 4) is 11.3 Å². The van der Waals surface area contributed by atoms with Gasteiger partial charge in [-0.3, -0.25) is 0 Å². The molecule has 0 aliphatic heterocycles. The van der Waals surface area contributed by atoms with Crippen LogP contribution < -0.4 is 5.32 Å². The Bertz CT molecular complexity index is 546. The first-order valence-electron chi connectivity index (χ1n) is 5.53. The van der Waals surface area contributed by atoms with Crippen LogP contribution in [-0.2, 0) is 11.3 Å². The molecule has 0 unspecified atom stereocenters. The van der Waals surface area contributed by atoms with E-state index in [1.54, 1.807) is 7.11 Å². The third-order valence-corrected chi connectivity index (χ3v) is 2.66. The summed E-state index contributed by atoms with van der Waals surface area (Å²) in [4.78, 5) is 8.76. The highest BCUT2D eigenvalue weighted by atomic mass is 35.5. The first-order valence-corrected chi connectivity index (χ1v) is 5.91. The van der Waals surface area contributed by atoms with Crippen LogP contribution in [0.5, 0.6) is 0 Å². The molecular weight excluding hydrogens is 250 g/mol. The molecule has 0 fully saturated rings. The Morgan fingerprint density at radius 3 is 2.78 bits per heavy atom. The van der Waals surface area contributed by atoms with Gasteiger partial charge in [-0.2, -0.15) is 0 Å². The predicted molar refractivity (Wildman–Crippen MR) is 72.7 cm³/mol. The lowest BCUT2D eigenvalue weighted by atomic mass is 10.1. The Balaban J connectivity index is 2.46. The summed E-state index contributed by atoms with van der Waals surface area (Å²) in [7, 11) is 3.44. The fourth-order valence-electron chi connectivity index (χ4n) is 1.61. The number of nitrogens with zero attached hydrogens (tertiary/aromatic N) is 2. The van der Waals surface area contributed by atoms with Crippen molar-refractivity contribution in [2.24, 2.45) is 0 Å². The number of rotatable bonds is 4. The van der Waals surface area contributed by atoms with E-state index in [9.17, 15) is 0 Å². The molecule has 1 N–H and O–H groups in total. The van der Waals surface area contributed by atoms with E-state index < -0.39 is 0 Å². The van der Waals surface area contributed by atoms with Gasteiger partial charge in [-0.05, 0) is 12.1 Å². The first kappa shape index (κ1) is 12.8. The van der Waals surface area contributed by atoms with E-state index in [1.807, 2.05) is 37.4 Å². The highest BCUT2D eigenvalue weighted by molar-refractivity contribution is 6.30. The summed E-state index contributed by atoms with van der Waals surface area (Å²) in [5.74, 6) is 1.39. The van der Waals surface area contributed by atoms with Gasteiger partial charge in [0.05, 0.1) is 5.69 Å². The van der Waals surface area contributed by atoms with Gasteiger partial charge in [0.25, 0.3) is 0 Å². The molecule has 4 nitrogen and oxygen atoms in total. The number of aromatic nitrogens is 2. The van der Waals surface area contributed by atoms with E-state index >= 15 is 0 Å². The molecule has 1 aromatic heterocycles. The predicted octanol–water partition coefficient (Wildman–Crippen LogP) is 2.99. The van der Waals surface area contributed by atoms with Gasteiger partial charge in [0.15, 0.2) is 5.82 Å². The van der Waals surface area contributed by atoms with Crippen LogP contribution in [0.1, 0.15) is 5.82 Å². The van der Waals surface area contributed by atoms with Crippen molar-refractivity contribution in [1.82, 2.24) is 9.97 Å². The molecule has 2 rings (SSSR count). The highest BCUT2D eigenvalue weighted by Gasteiger charge is 2.06. The number of hydrogen-bond donors (Lipinski definition) is 1. The molecule has 0 aliphatic carbocycles. The molecule has 0 amide bonds. The van der Waals surface area contributed by atoms with Gasteiger partial charge in [-0.1, -0.05) is 23.7 Å². The lowest BCUT2D eigenvalue weighted by Crippen LogP contribution is -2.02. The minimum absolute atomic E-state index is 0.378. The van der Waals surface area contributed by atoms with Gasteiger partial charge in [0.2, 0.25) is 0 Å². The molecule has 1 aromatic carbocycles. The van der Waals surface area contributed by atoms with Gasteiger partial charge in [0, 0.05) is 30.8 Å². The van der Waals surface area contributed by atoms with E-state index in [0.717, 1.165) is 17.1 Å². The molecule has 1 heterocycles. The number of ether oxygens (including phenoxy) is 1. The molecule has 0 spiro atoms. The largest absolute Gasteiger partial charge is 0.377 e. The molecule has 2 aromatic rings. The number of halogens is 1. The molecule has 0 bridgehead atoms. The Hall–Kier alpha value is -1.65. The Morgan fingerprint density at radius 2 is 2.11 bits per heavy atom. The van der Waals surface area contributed by atoms with Gasteiger partial charge in [-0.25, -0.2) is 9.97 Å². The van der Waals surface area contributed by atoms with Crippen LogP contribution in [-0.4, -0.2) is 24.1 Å². The Kier molecular flexibility index (Phi) is 4.12. The maximum atomic E-state index is 5.99. The van der Waals surface area contributed by atoms with Crippen LogP contribution in [0.15, 0.2) is 30.3 Å². The molecule has 0 radical (unpaired) electrons. The molecule has 0 aliphatic rings. The van der Waals surface area contributed by atoms with Crippen molar-refractivity contribution in [1.29, 1.82) is 0 Å². The van der Waals surface area contributed by atoms with Crippen molar-refractivity contribution in [2.45, 2.75) is 6.61 Å². The molecular formula is C13H14ClN3O. The summed E-state index contributed by atoms with van der Waals surface area (Å²) >= 11 is 5.99. The van der Waals surface area contributed by atoms with Crippen LogP contribution in [0.3, 0.4) is 0 Å².